The first kappa shape index (κ1) is 19.4. The molecular formula is C21H23F3N2O. The fraction of sp³-hybridized carbons (Fsp3) is 0.381. The smallest absolute Gasteiger partial charge is 0.337 e. The van der Waals surface area contributed by atoms with Crippen LogP contribution in [0.1, 0.15) is 34.3 Å². The fourth-order valence-corrected chi connectivity index (χ4v) is 3.59. The van der Waals surface area contributed by atoms with Crippen molar-refractivity contribution in [2.75, 3.05) is 20.1 Å². The van der Waals surface area contributed by atoms with Gasteiger partial charge in [-0.25, -0.2) is 0 Å². The van der Waals surface area contributed by atoms with E-state index in [0.717, 1.165) is 25.5 Å². The summed E-state index contributed by atoms with van der Waals surface area (Å²) in [4.78, 5) is 16.5. The van der Waals surface area contributed by atoms with Gasteiger partial charge in [-0.05, 0) is 37.6 Å². The lowest BCUT2D eigenvalue weighted by molar-refractivity contribution is -0.138. The van der Waals surface area contributed by atoms with E-state index in [0.29, 0.717) is 13.1 Å². The van der Waals surface area contributed by atoms with Crippen LogP contribution >= 0.6 is 0 Å². The van der Waals surface area contributed by atoms with Crippen molar-refractivity contribution in [3.8, 4) is 0 Å². The summed E-state index contributed by atoms with van der Waals surface area (Å²) in [6, 6.07) is 15.2. The van der Waals surface area contributed by atoms with Crippen LogP contribution in [0.2, 0.25) is 0 Å². The van der Waals surface area contributed by atoms with E-state index in [1.807, 2.05) is 37.4 Å². The van der Waals surface area contributed by atoms with Gasteiger partial charge < -0.3 is 4.90 Å². The van der Waals surface area contributed by atoms with E-state index in [-0.39, 0.29) is 11.6 Å². The second kappa shape index (κ2) is 8.13. The molecule has 144 valence electrons. The standard InChI is InChI=1S/C21H23F3N2O/c1-25(14-16-8-3-2-4-9-16)17-10-7-13-26(15-17)20(27)18-11-5-6-12-19(18)21(22,23)24/h2-6,8-9,11-12,17H,7,10,13-15H2,1H3/t17-/m0/s1. The third-order valence-electron chi connectivity index (χ3n) is 5.04. The highest BCUT2D eigenvalue weighted by Crippen LogP contribution is 2.33. The summed E-state index contributed by atoms with van der Waals surface area (Å²) in [6.45, 7) is 1.67. The predicted octanol–water partition coefficient (Wildman–Crippen LogP) is 4.44. The molecule has 2 aromatic rings. The van der Waals surface area contributed by atoms with Gasteiger partial charge in [-0.3, -0.25) is 9.69 Å². The van der Waals surface area contributed by atoms with Crippen LogP contribution < -0.4 is 0 Å². The average molecular weight is 376 g/mol. The number of benzene rings is 2. The molecular weight excluding hydrogens is 353 g/mol. The van der Waals surface area contributed by atoms with E-state index in [9.17, 15) is 18.0 Å². The number of alkyl halides is 3. The highest BCUT2D eigenvalue weighted by atomic mass is 19.4. The van der Waals surface area contributed by atoms with Crippen LogP contribution in [0.4, 0.5) is 13.2 Å². The van der Waals surface area contributed by atoms with Crippen molar-refractivity contribution < 1.29 is 18.0 Å². The van der Waals surface area contributed by atoms with Gasteiger partial charge in [-0.15, -0.1) is 0 Å². The van der Waals surface area contributed by atoms with Crippen LogP contribution in [0.25, 0.3) is 0 Å². The second-order valence-corrected chi connectivity index (χ2v) is 6.99. The van der Waals surface area contributed by atoms with Crippen molar-refractivity contribution in [3.63, 3.8) is 0 Å². The summed E-state index contributed by atoms with van der Waals surface area (Å²) < 4.78 is 39.7. The minimum absolute atomic E-state index is 0.126. The number of nitrogens with zero attached hydrogens (tertiary/aromatic N) is 2. The summed E-state index contributed by atoms with van der Waals surface area (Å²) in [7, 11) is 2.00. The normalized spacial score (nSPS) is 18.0. The van der Waals surface area contributed by atoms with Crippen molar-refractivity contribution in [2.45, 2.75) is 31.6 Å². The lowest BCUT2D eigenvalue weighted by Crippen LogP contribution is -2.48. The quantitative estimate of drug-likeness (QED) is 0.788. The van der Waals surface area contributed by atoms with Crippen molar-refractivity contribution in [2.24, 2.45) is 0 Å². The number of piperidine rings is 1. The Morgan fingerprint density at radius 2 is 1.78 bits per heavy atom. The van der Waals surface area contributed by atoms with E-state index >= 15 is 0 Å². The maximum absolute atomic E-state index is 13.2. The molecule has 1 heterocycles. The molecule has 0 N–H and O–H groups in total. The Morgan fingerprint density at radius 3 is 2.48 bits per heavy atom. The highest BCUT2D eigenvalue weighted by molar-refractivity contribution is 5.96. The molecule has 0 radical (unpaired) electrons. The van der Waals surface area contributed by atoms with Gasteiger partial charge in [0.1, 0.15) is 0 Å². The molecule has 3 rings (SSSR count). The Labute approximate surface area is 157 Å². The third kappa shape index (κ3) is 4.69. The van der Waals surface area contributed by atoms with E-state index in [4.69, 9.17) is 0 Å². The van der Waals surface area contributed by atoms with E-state index in [2.05, 4.69) is 4.90 Å². The molecule has 0 bridgehead atoms. The van der Waals surface area contributed by atoms with Gasteiger partial charge in [0.25, 0.3) is 5.91 Å². The number of carbonyl (C=O) groups is 1. The van der Waals surface area contributed by atoms with Gasteiger partial charge in [0.15, 0.2) is 0 Å². The Balaban J connectivity index is 1.72. The number of likely N-dealkylation sites (tertiary alicyclic amines) is 1. The fourth-order valence-electron chi connectivity index (χ4n) is 3.59. The van der Waals surface area contributed by atoms with Crippen LogP contribution in [0.5, 0.6) is 0 Å². The molecule has 2 aromatic carbocycles. The van der Waals surface area contributed by atoms with Crippen molar-refractivity contribution in [1.29, 1.82) is 0 Å². The highest BCUT2D eigenvalue weighted by Gasteiger charge is 2.37. The van der Waals surface area contributed by atoms with Crippen LogP contribution in [-0.2, 0) is 12.7 Å². The predicted molar refractivity (Wildman–Crippen MR) is 98.3 cm³/mol. The minimum atomic E-state index is -4.54. The van der Waals surface area contributed by atoms with Crippen LogP contribution in [0.3, 0.4) is 0 Å². The number of rotatable bonds is 4. The molecule has 0 aliphatic carbocycles. The Hall–Kier alpha value is -2.34. The zero-order valence-electron chi connectivity index (χ0n) is 15.2. The molecule has 0 aromatic heterocycles. The Morgan fingerprint density at radius 1 is 1.11 bits per heavy atom. The van der Waals surface area contributed by atoms with Gasteiger partial charge in [-0.2, -0.15) is 13.2 Å². The molecule has 1 fully saturated rings. The van der Waals surface area contributed by atoms with E-state index in [1.165, 1.54) is 23.8 Å². The van der Waals surface area contributed by atoms with Crippen LogP contribution in [-0.4, -0.2) is 41.9 Å². The molecule has 0 spiro atoms. The monoisotopic (exact) mass is 376 g/mol. The number of amides is 1. The number of halogens is 3. The molecule has 0 saturated carbocycles. The molecule has 27 heavy (non-hydrogen) atoms. The summed E-state index contributed by atoms with van der Waals surface area (Å²) in [6.07, 6.45) is -2.83. The van der Waals surface area contributed by atoms with Crippen molar-refractivity contribution in [3.05, 3.63) is 71.3 Å². The zero-order valence-corrected chi connectivity index (χ0v) is 15.2. The third-order valence-corrected chi connectivity index (χ3v) is 5.04. The Bertz CT molecular complexity index is 776. The SMILES string of the molecule is CN(Cc1ccccc1)[C@H]1CCCN(C(=O)c2ccccc2C(F)(F)F)C1. The first-order valence-electron chi connectivity index (χ1n) is 9.06. The number of likely N-dealkylation sites (N-methyl/N-ethyl adjacent to an activating group) is 1. The average Bonchev–Trinajstić information content (AvgIpc) is 2.67. The first-order chi connectivity index (χ1) is 12.9. The molecule has 0 unspecified atom stereocenters. The summed E-state index contributed by atoms with van der Waals surface area (Å²) in [5.74, 6) is -0.541. The number of carbonyl (C=O) groups excluding carboxylic acids is 1. The largest absolute Gasteiger partial charge is 0.417 e. The van der Waals surface area contributed by atoms with Gasteiger partial charge in [-0.1, -0.05) is 42.5 Å². The zero-order chi connectivity index (χ0) is 19.4. The maximum atomic E-state index is 13.2. The van der Waals surface area contributed by atoms with Crippen molar-refractivity contribution in [1.82, 2.24) is 9.80 Å². The number of hydrogen-bond donors (Lipinski definition) is 0. The molecule has 1 saturated heterocycles. The molecule has 6 heteroatoms. The van der Waals surface area contributed by atoms with Gasteiger partial charge >= 0.3 is 6.18 Å². The Kier molecular flexibility index (Phi) is 5.85. The summed E-state index contributed by atoms with van der Waals surface area (Å²) in [5, 5.41) is 0. The topological polar surface area (TPSA) is 23.6 Å². The van der Waals surface area contributed by atoms with Crippen LogP contribution in [0, 0.1) is 0 Å². The van der Waals surface area contributed by atoms with Gasteiger partial charge in [0, 0.05) is 25.7 Å². The molecule has 1 aliphatic rings. The second-order valence-electron chi connectivity index (χ2n) is 6.99. The lowest BCUT2D eigenvalue weighted by Gasteiger charge is -2.38. The lowest BCUT2D eigenvalue weighted by atomic mass is 10.0. The number of hydrogen-bond acceptors (Lipinski definition) is 2. The van der Waals surface area contributed by atoms with E-state index < -0.39 is 17.6 Å². The molecule has 3 nitrogen and oxygen atoms in total. The van der Waals surface area contributed by atoms with E-state index in [1.54, 1.807) is 4.90 Å². The van der Waals surface area contributed by atoms with Gasteiger partial charge in [0.2, 0.25) is 0 Å². The van der Waals surface area contributed by atoms with Gasteiger partial charge in [0.05, 0.1) is 11.1 Å². The summed E-state index contributed by atoms with van der Waals surface area (Å²) >= 11 is 0. The maximum Gasteiger partial charge on any atom is 0.417 e. The molecule has 1 aliphatic heterocycles. The molecule has 1 atom stereocenters. The van der Waals surface area contributed by atoms with Crippen molar-refractivity contribution >= 4 is 5.91 Å². The van der Waals surface area contributed by atoms with Crippen LogP contribution in [0.15, 0.2) is 54.6 Å². The minimum Gasteiger partial charge on any atom is -0.337 e. The first-order valence-corrected chi connectivity index (χ1v) is 9.06. The molecule has 1 amide bonds. The summed E-state index contributed by atoms with van der Waals surface area (Å²) in [5.41, 5.74) is 0.0389.